The van der Waals surface area contributed by atoms with Gasteiger partial charge in [0.05, 0.1) is 6.42 Å². The molecule has 4 nitrogen and oxygen atoms in total. The van der Waals surface area contributed by atoms with Crippen molar-refractivity contribution >= 4 is 11.6 Å². The van der Waals surface area contributed by atoms with Gasteiger partial charge in [-0.15, -0.1) is 0 Å². The predicted molar refractivity (Wildman–Crippen MR) is 92.7 cm³/mol. The highest BCUT2D eigenvalue weighted by Crippen LogP contribution is 2.16. The number of aryl methyl sites for hydroxylation is 2. The van der Waals surface area contributed by atoms with Crippen LogP contribution in [0.4, 0.5) is 5.69 Å². The van der Waals surface area contributed by atoms with Crippen molar-refractivity contribution in [3.63, 3.8) is 0 Å². The first-order chi connectivity index (χ1) is 11.1. The molecule has 0 saturated carbocycles. The highest BCUT2D eigenvalue weighted by Gasteiger charge is 2.21. The highest BCUT2D eigenvalue weighted by atomic mass is 16.2. The number of carbonyl (C=O) groups is 1. The summed E-state index contributed by atoms with van der Waals surface area (Å²) < 4.78 is 0. The number of carbonyl (C=O) groups excluding carboxylic acids is 1. The van der Waals surface area contributed by atoms with Crippen LogP contribution in [0.2, 0.25) is 0 Å². The molecule has 1 aromatic carbocycles. The number of benzene rings is 1. The second-order valence-electron chi connectivity index (χ2n) is 6.17. The summed E-state index contributed by atoms with van der Waals surface area (Å²) in [6, 6.07) is 10.3. The van der Waals surface area contributed by atoms with Gasteiger partial charge in [0.1, 0.15) is 0 Å². The van der Waals surface area contributed by atoms with Crippen molar-refractivity contribution in [1.82, 2.24) is 9.88 Å². The average Bonchev–Trinajstić information content (AvgIpc) is 2.59. The van der Waals surface area contributed by atoms with Crippen LogP contribution in [0.5, 0.6) is 0 Å². The van der Waals surface area contributed by atoms with Gasteiger partial charge >= 0.3 is 0 Å². The third-order valence-corrected chi connectivity index (χ3v) is 4.59. The Morgan fingerprint density at radius 2 is 1.70 bits per heavy atom. The molecule has 0 bridgehead atoms. The molecule has 1 aliphatic heterocycles. The highest BCUT2D eigenvalue weighted by molar-refractivity contribution is 5.79. The minimum absolute atomic E-state index is 0.225. The first-order valence-corrected chi connectivity index (χ1v) is 8.12. The van der Waals surface area contributed by atoms with Gasteiger partial charge < -0.3 is 9.80 Å². The first kappa shape index (κ1) is 15.5. The van der Waals surface area contributed by atoms with Crippen molar-refractivity contribution in [2.45, 2.75) is 20.3 Å². The molecule has 0 unspecified atom stereocenters. The molecule has 0 N–H and O–H groups in total. The maximum absolute atomic E-state index is 12.5. The second-order valence-corrected chi connectivity index (χ2v) is 6.17. The number of nitrogens with zero attached hydrogens (tertiary/aromatic N) is 3. The summed E-state index contributed by atoms with van der Waals surface area (Å²) >= 11 is 0. The molecule has 1 aliphatic rings. The van der Waals surface area contributed by atoms with E-state index in [0.29, 0.717) is 6.42 Å². The van der Waals surface area contributed by atoms with E-state index in [1.807, 2.05) is 29.4 Å². The molecule has 2 heterocycles. The van der Waals surface area contributed by atoms with Crippen LogP contribution >= 0.6 is 0 Å². The Morgan fingerprint density at radius 1 is 1.00 bits per heavy atom. The fourth-order valence-electron chi connectivity index (χ4n) is 2.97. The quantitative estimate of drug-likeness (QED) is 0.874. The van der Waals surface area contributed by atoms with E-state index in [4.69, 9.17) is 0 Å². The molecule has 1 fully saturated rings. The van der Waals surface area contributed by atoms with Crippen molar-refractivity contribution in [1.29, 1.82) is 0 Å². The number of anilines is 1. The third kappa shape index (κ3) is 3.70. The van der Waals surface area contributed by atoms with Crippen molar-refractivity contribution < 1.29 is 4.79 Å². The predicted octanol–water partition coefficient (Wildman–Crippen LogP) is 2.59. The monoisotopic (exact) mass is 309 g/mol. The fourth-order valence-corrected chi connectivity index (χ4v) is 2.97. The van der Waals surface area contributed by atoms with Crippen molar-refractivity contribution in [3.05, 3.63) is 59.4 Å². The maximum atomic E-state index is 12.5. The zero-order chi connectivity index (χ0) is 16.2. The molecule has 1 aromatic heterocycles. The number of pyridine rings is 1. The molecule has 23 heavy (non-hydrogen) atoms. The van der Waals surface area contributed by atoms with Crippen LogP contribution in [0.15, 0.2) is 42.7 Å². The zero-order valence-electron chi connectivity index (χ0n) is 13.8. The lowest BCUT2D eigenvalue weighted by atomic mass is 10.0. The van der Waals surface area contributed by atoms with E-state index in [1.54, 1.807) is 0 Å². The third-order valence-electron chi connectivity index (χ3n) is 4.59. The Bertz CT molecular complexity index is 676. The van der Waals surface area contributed by atoms with E-state index < -0.39 is 0 Å². The van der Waals surface area contributed by atoms with Gasteiger partial charge in [-0.1, -0.05) is 18.2 Å². The smallest absolute Gasteiger partial charge is 0.227 e. The Kier molecular flexibility index (Phi) is 4.60. The number of hydrogen-bond acceptors (Lipinski definition) is 3. The molecule has 0 radical (unpaired) electrons. The molecule has 3 rings (SSSR count). The Balaban J connectivity index is 1.57. The van der Waals surface area contributed by atoms with Gasteiger partial charge in [0.25, 0.3) is 0 Å². The van der Waals surface area contributed by atoms with Gasteiger partial charge in [-0.05, 0) is 42.7 Å². The van der Waals surface area contributed by atoms with Crippen LogP contribution in [-0.2, 0) is 11.2 Å². The average molecular weight is 309 g/mol. The summed E-state index contributed by atoms with van der Waals surface area (Å²) in [7, 11) is 0. The van der Waals surface area contributed by atoms with Gasteiger partial charge in [0, 0.05) is 44.3 Å². The summed E-state index contributed by atoms with van der Waals surface area (Å²) in [5, 5.41) is 0. The van der Waals surface area contributed by atoms with E-state index in [1.165, 1.54) is 16.8 Å². The number of piperazine rings is 1. The van der Waals surface area contributed by atoms with Gasteiger partial charge in [0.15, 0.2) is 0 Å². The fraction of sp³-hybridized carbons (Fsp3) is 0.368. The Morgan fingerprint density at radius 3 is 2.35 bits per heavy atom. The largest absolute Gasteiger partial charge is 0.368 e. The molecule has 1 amide bonds. The van der Waals surface area contributed by atoms with Gasteiger partial charge in [-0.2, -0.15) is 0 Å². The SMILES string of the molecule is Cc1ccc(CC(=O)N2CCN(c3ccncc3)CC2)cc1C. The van der Waals surface area contributed by atoms with Gasteiger partial charge in [-0.25, -0.2) is 0 Å². The van der Waals surface area contributed by atoms with Crippen LogP contribution in [0, 0.1) is 13.8 Å². The number of amides is 1. The van der Waals surface area contributed by atoms with E-state index in [2.05, 4.69) is 41.9 Å². The van der Waals surface area contributed by atoms with Crippen LogP contribution < -0.4 is 4.90 Å². The molecule has 4 heteroatoms. The molecule has 120 valence electrons. The van der Waals surface area contributed by atoms with E-state index in [9.17, 15) is 4.79 Å². The molecule has 2 aromatic rings. The summed E-state index contributed by atoms with van der Waals surface area (Å²) in [5.41, 5.74) is 4.81. The lowest BCUT2D eigenvalue weighted by molar-refractivity contribution is -0.130. The minimum Gasteiger partial charge on any atom is -0.368 e. The summed E-state index contributed by atoms with van der Waals surface area (Å²) in [6.45, 7) is 7.51. The minimum atomic E-state index is 0.225. The van der Waals surface area contributed by atoms with Crippen LogP contribution in [-0.4, -0.2) is 42.0 Å². The summed E-state index contributed by atoms with van der Waals surface area (Å²) in [4.78, 5) is 20.8. The second kappa shape index (κ2) is 6.82. The van der Waals surface area contributed by atoms with Crippen LogP contribution in [0.3, 0.4) is 0 Å². The van der Waals surface area contributed by atoms with E-state index in [0.717, 1.165) is 31.7 Å². The Hall–Kier alpha value is -2.36. The van der Waals surface area contributed by atoms with E-state index >= 15 is 0 Å². The number of aromatic nitrogens is 1. The number of hydrogen-bond donors (Lipinski definition) is 0. The molecule has 0 aliphatic carbocycles. The topological polar surface area (TPSA) is 36.4 Å². The van der Waals surface area contributed by atoms with Crippen molar-refractivity contribution in [2.24, 2.45) is 0 Å². The standard InChI is InChI=1S/C19H23N3O/c1-15-3-4-17(13-16(15)2)14-19(23)22-11-9-21(10-12-22)18-5-7-20-8-6-18/h3-8,13H,9-12,14H2,1-2H3. The number of rotatable bonds is 3. The lowest BCUT2D eigenvalue weighted by Gasteiger charge is -2.36. The van der Waals surface area contributed by atoms with Crippen LogP contribution in [0.25, 0.3) is 0 Å². The zero-order valence-corrected chi connectivity index (χ0v) is 13.8. The lowest BCUT2D eigenvalue weighted by Crippen LogP contribution is -2.49. The van der Waals surface area contributed by atoms with Crippen molar-refractivity contribution in [3.8, 4) is 0 Å². The molecule has 1 saturated heterocycles. The van der Waals surface area contributed by atoms with Gasteiger partial charge in [0.2, 0.25) is 5.91 Å². The molecule has 0 atom stereocenters. The Labute approximate surface area is 137 Å². The first-order valence-electron chi connectivity index (χ1n) is 8.12. The molecular formula is C19H23N3O. The normalized spacial score (nSPS) is 14.9. The van der Waals surface area contributed by atoms with Gasteiger partial charge in [-0.3, -0.25) is 9.78 Å². The van der Waals surface area contributed by atoms with Crippen molar-refractivity contribution in [2.75, 3.05) is 31.1 Å². The summed E-state index contributed by atoms with van der Waals surface area (Å²) in [6.07, 6.45) is 4.12. The maximum Gasteiger partial charge on any atom is 0.227 e. The summed E-state index contributed by atoms with van der Waals surface area (Å²) in [5.74, 6) is 0.225. The molecular weight excluding hydrogens is 286 g/mol. The van der Waals surface area contributed by atoms with E-state index in [-0.39, 0.29) is 5.91 Å². The van der Waals surface area contributed by atoms with Crippen LogP contribution in [0.1, 0.15) is 16.7 Å². The molecule has 0 spiro atoms.